The molecule has 3 rings (SSSR count). The summed E-state index contributed by atoms with van der Waals surface area (Å²) in [5.41, 5.74) is 5.55. The molecule has 0 saturated heterocycles. The Hall–Kier alpha value is -3.29. The first kappa shape index (κ1) is 26.3. The molecule has 0 spiro atoms. The topological polar surface area (TPSA) is 0 Å². The van der Waals surface area contributed by atoms with Crippen LogP contribution in [0.25, 0.3) is 0 Å². The van der Waals surface area contributed by atoms with Crippen LogP contribution in [0.15, 0.2) is 66.7 Å². The Labute approximate surface area is 212 Å². The van der Waals surface area contributed by atoms with E-state index in [1.54, 1.807) is 6.07 Å². The van der Waals surface area contributed by atoms with E-state index in [-0.39, 0.29) is 5.82 Å². The molecule has 3 aromatic rings. The fourth-order valence-corrected chi connectivity index (χ4v) is 4.06. The number of halogens is 1. The fourth-order valence-electron chi connectivity index (χ4n) is 4.06. The maximum atomic E-state index is 14.6. The van der Waals surface area contributed by atoms with Gasteiger partial charge in [-0.3, -0.25) is 0 Å². The summed E-state index contributed by atoms with van der Waals surface area (Å²) in [7, 11) is 0. The standard InChI is InChI=1S/C34H37F/c1-3-5-6-7-8-9-10-12-29-15-19-30(20-16-29)21-22-32-24-26-33(34(35)27-32)25-23-31-17-13-28(11-4-2)14-18-31/h13-20,24,26-27H,3-12H2,1-2H3. The molecule has 35 heavy (non-hydrogen) atoms. The van der Waals surface area contributed by atoms with Crippen LogP contribution in [0.2, 0.25) is 0 Å². The quantitative estimate of drug-likeness (QED) is 0.208. The molecule has 0 aliphatic heterocycles. The molecule has 0 N–H and O–H groups in total. The number of rotatable bonds is 10. The van der Waals surface area contributed by atoms with Gasteiger partial charge < -0.3 is 0 Å². The highest BCUT2D eigenvalue weighted by molar-refractivity contribution is 5.49. The van der Waals surface area contributed by atoms with E-state index in [0.29, 0.717) is 11.1 Å². The van der Waals surface area contributed by atoms with Crippen molar-refractivity contribution in [2.45, 2.75) is 78.1 Å². The third-order valence-corrected chi connectivity index (χ3v) is 6.18. The van der Waals surface area contributed by atoms with Crippen molar-refractivity contribution in [3.8, 4) is 23.7 Å². The van der Waals surface area contributed by atoms with Crippen LogP contribution in [0.4, 0.5) is 4.39 Å². The maximum absolute atomic E-state index is 14.6. The number of unbranched alkanes of at least 4 members (excludes halogenated alkanes) is 6. The van der Waals surface area contributed by atoms with Crippen LogP contribution in [0, 0.1) is 29.5 Å². The van der Waals surface area contributed by atoms with Gasteiger partial charge in [-0.05, 0) is 72.9 Å². The molecule has 0 radical (unpaired) electrons. The zero-order valence-corrected chi connectivity index (χ0v) is 21.3. The van der Waals surface area contributed by atoms with E-state index in [9.17, 15) is 4.39 Å². The molecule has 0 saturated carbocycles. The first-order valence-electron chi connectivity index (χ1n) is 13.2. The van der Waals surface area contributed by atoms with E-state index in [4.69, 9.17) is 0 Å². The van der Waals surface area contributed by atoms with Gasteiger partial charge in [0, 0.05) is 16.7 Å². The van der Waals surface area contributed by atoms with Gasteiger partial charge in [-0.2, -0.15) is 0 Å². The van der Waals surface area contributed by atoms with E-state index in [1.807, 2.05) is 18.2 Å². The van der Waals surface area contributed by atoms with Crippen LogP contribution >= 0.6 is 0 Å². The smallest absolute Gasteiger partial charge is 0.140 e. The lowest BCUT2D eigenvalue weighted by atomic mass is 10.0. The molecular weight excluding hydrogens is 427 g/mol. The van der Waals surface area contributed by atoms with Crippen LogP contribution in [0.1, 0.15) is 98.6 Å². The molecule has 180 valence electrons. The van der Waals surface area contributed by atoms with Crippen molar-refractivity contribution in [2.24, 2.45) is 0 Å². The van der Waals surface area contributed by atoms with Crippen LogP contribution in [-0.2, 0) is 12.8 Å². The Morgan fingerprint density at radius 1 is 0.514 bits per heavy atom. The minimum absolute atomic E-state index is 0.336. The molecule has 0 nitrogen and oxygen atoms in total. The van der Waals surface area contributed by atoms with Crippen molar-refractivity contribution in [1.82, 2.24) is 0 Å². The van der Waals surface area contributed by atoms with Crippen LogP contribution in [-0.4, -0.2) is 0 Å². The number of benzene rings is 3. The normalized spacial score (nSPS) is 10.3. The summed E-state index contributed by atoms with van der Waals surface area (Å²) < 4.78 is 14.6. The highest BCUT2D eigenvalue weighted by atomic mass is 19.1. The summed E-state index contributed by atoms with van der Waals surface area (Å²) in [6.45, 7) is 4.42. The summed E-state index contributed by atoms with van der Waals surface area (Å²) in [4.78, 5) is 0. The van der Waals surface area contributed by atoms with Gasteiger partial charge in [0.25, 0.3) is 0 Å². The van der Waals surface area contributed by atoms with Gasteiger partial charge >= 0.3 is 0 Å². The summed E-state index contributed by atoms with van der Waals surface area (Å²) in [5, 5.41) is 0. The van der Waals surface area contributed by atoms with E-state index < -0.39 is 0 Å². The van der Waals surface area contributed by atoms with Crippen molar-refractivity contribution in [3.05, 3.63) is 106 Å². The Morgan fingerprint density at radius 2 is 1.03 bits per heavy atom. The molecule has 0 fully saturated rings. The van der Waals surface area contributed by atoms with E-state index >= 15 is 0 Å². The monoisotopic (exact) mass is 464 g/mol. The van der Waals surface area contributed by atoms with E-state index in [0.717, 1.165) is 30.4 Å². The van der Waals surface area contributed by atoms with Crippen molar-refractivity contribution in [3.63, 3.8) is 0 Å². The van der Waals surface area contributed by atoms with Crippen LogP contribution in [0.3, 0.4) is 0 Å². The second-order valence-electron chi connectivity index (χ2n) is 9.21. The van der Waals surface area contributed by atoms with Gasteiger partial charge in [-0.15, -0.1) is 0 Å². The molecule has 0 aliphatic rings. The summed E-state index contributed by atoms with van der Waals surface area (Å²) >= 11 is 0. The third kappa shape index (κ3) is 9.47. The first-order valence-corrected chi connectivity index (χ1v) is 13.2. The van der Waals surface area contributed by atoms with Gasteiger partial charge in [0.15, 0.2) is 0 Å². The summed E-state index contributed by atoms with van der Waals surface area (Å²) in [5.74, 6) is 11.9. The van der Waals surface area contributed by atoms with Gasteiger partial charge in [-0.1, -0.05) is 107 Å². The van der Waals surface area contributed by atoms with E-state index in [2.05, 4.69) is 73.9 Å². The number of hydrogen-bond acceptors (Lipinski definition) is 0. The summed E-state index contributed by atoms with van der Waals surface area (Å²) in [6, 6.07) is 21.6. The van der Waals surface area contributed by atoms with Gasteiger partial charge in [0.2, 0.25) is 0 Å². The molecule has 0 heterocycles. The Morgan fingerprint density at radius 3 is 1.63 bits per heavy atom. The molecule has 1 heteroatoms. The lowest BCUT2D eigenvalue weighted by Crippen LogP contribution is -1.88. The molecule has 0 unspecified atom stereocenters. The van der Waals surface area contributed by atoms with Crippen molar-refractivity contribution < 1.29 is 4.39 Å². The van der Waals surface area contributed by atoms with Gasteiger partial charge in [0.05, 0.1) is 5.56 Å². The van der Waals surface area contributed by atoms with Gasteiger partial charge in [0.1, 0.15) is 5.82 Å². The van der Waals surface area contributed by atoms with Crippen molar-refractivity contribution >= 4 is 0 Å². The lowest BCUT2D eigenvalue weighted by Gasteiger charge is -2.02. The molecule has 0 aromatic heterocycles. The second-order valence-corrected chi connectivity index (χ2v) is 9.21. The molecule has 0 atom stereocenters. The molecule has 3 aromatic carbocycles. The van der Waals surface area contributed by atoms with Crippen molar-refractivity contribution in [2.75, 3.05) is 0 Å². The largest absolute Gasteiger partial charge is 0.206 e. The zero-order chi connectivity index (χ0) is 24.7. The summed E-state index contributed by atoms with van der Waals surface area (Å²) in [6.07, 6.45) is 12.6. The van der Waals surface area contributed by atoms with Crippen molar-refractivity contribution in [1.29, 1.82) is 0 Å². The predicted octanol–water partition coefficient (Wildman–Crippen LogP) is 8.87. The molecule has 0 bridgehead atoms. The average Bonchev–Trinajstić information content (AvgIpc) is 2.88. The highest BCUT2D eigenvalue weighted by Gasteiger charge is 2.00. The fraction of sp³-hybridized carbons (Fsp3) is 0.353. The van der Waals surface area contributed by atoms with Crippen LogP contribution < -0.4 is 0 Å². The molecule has 0 amide bonds. The average molecular weight is 465 g/mol. The Bertz CT molecular complexity index is 1160. The minimum atomic E-state index is -0.336. The highest BCUT2D eigenvalue weighted by Crippen LogP contribution is 2.13. The second kappa shape index (κ2) is 14.9. The lowest BCUT2D eigenvalue weighted by molar-refractivity contribution is 0.589. The van der Waals surface area contributed by atoms with Gasteiger partial charge in [-0.25, -0.2) is 4.39 Å². The Kier molecular flexibility index (Phi) is 11.2. The van der Waals surface area contributed by atoms with Crippen LogP contribution in [0.5, 0.6) is 0 Å². The maximum Gasteiger partial charge on any atom is 0.140 e. The SMILES string of the molecule is CCCCCCCCCc1ccc(C#Cc2ccc(C#Cc3ccc(CCC)cc3)c(F)c2)cc1. The third-order valence-electron chi connectivity index (χ3n) is 6.18. The number of hydrogen-bond donors (Lipinski definition) is 0. The predicted molar refractivity (Wildman–Crippen MR) is 147 cm³/mol. The molecular formula is C34H37F. The molecule has 0 aliphatic carbocycles. The van der Waals surface area contributed by atoms with E-state index in [1.165, 1.54) is 62.1 Å². The first-order chi connectivity index (χ1) is 17.2. The minimum Gasteiger partial charge on any atom is -0.206 e. The number of aryl methyl sites for hydroxylation is 2. The Balaban J connectivity index is 1.52. The zero-order valence-electron chi connectivity index (χ0n) is 21.3.